The van der Waals surface area contributed by atoms with Gasteiger partial charge >= 0.3 is 0 Å². The lowest BCUT2D eigenvalue weighted by Crippen LogP contribution is -1.88. The zero-order chi connectivity index (χ0) is 11.2. The first-order chi connectivity index (χ1) is 7.06. The standard InChI is InChI=1S/C13H14O2/c1-7-5-8(2)10(9(3)6-7)11-12(14)13(11)15-4/h5-6H,1-4H3. The van der Waals surface area contributed by atoms with Crippen molar-refractivity contribution in [3.63, 3.8) is 0 Å². The zero-order valence-corrected chi connectivity index (χ0v) is 9.47. The molecule has 0 saturated heterocycles. The Morgan fingerprint density at radius 1 is 1.00 bits per heavy atom. The summed E-state index contributed by atoms with van der Waals surface area (Å²) in [5.74, 6) is 0.519. The highest BCUT2D eigenvalue weighted by Crippen LogP contribution is 2.36. The molecule has 0 aliphatic rings. The summed E-state index contributed by atoms with van der Waals surface area (Å²) in [6, 6.07) is 4.18. The van der Waals surface area contributed by atoms with Gasteiger partial charge < -0.3 is 4.74 Å². The maximum Gasteiger partial charge on any atom is 0.232 e. The van der Waals surface area contributed by atoms with Crippen LogP contribution in [0.3, 0.4) is 0 Å². The van der Waals surface area contributed by atoms with E-state index in [9.17, 15) is 4.79 Å². The first-order valence-corrected chi connectivity index (χ1v) is 4.97. The molecule has 2 aromatic carbocycles. The van der Waals surface area contributed by atoms with Gasteiger partial charge in [0, 0.05) is 0 Å². The maximum atomic E-state index is 11.4. The molecule has 0 aliphatic heterocycles. The molecule has 2 nitrogen and oxygen atoms in total. The fourth-order valence-electron chi connectivity index (χ4n) is 2.15. The SMILES string of the molecule is COc1c(-c2c(C)cc(C)cc2C)c1=O. The molecule has 0 spiro atoms. The molecule has 0 unspecified atom stereocenters. The van der Waals surface area contributed by atoms with Gasteiger partial charge in [-0.05, 0) is 37.5 Å². The lowest BCUT2D eigenvalue weighted by Gasteiger charge is -2.06. The Labute approximate surface area is 89.2 Å². The molecule has 0 fully saturated rings. The Hall–Kier alpha value is -1.57. The largest absolute Gasteiger partial charge is 0.492 e. The molecule has 78 valence electrons. The molecular formula is C13H14O2. The third-order valence-corrected chi connectivity index (χ3v) is 2.73. The third kappa shape index (κ3) is 1.46. The van der Waals surface area contributed by atoms with Crippen LogP contribution in [0.2, 0.25) is 0 Å². The first kappa shape index (κ1) is 9.97. The molecule has 2 heteroatoms. The Morgan fingerprint density at radius 3 is 1.93 bits per heavy atom. The number of hydrogen-bond acceptors (Lipinski definition) is 2. The van der Waals surface area contributed by atoms with Gasteiger partial charge in [0.25, 0.3) is 0 Å². The van der Waals surface area contributed by atoms with E-state index in [1.807, 2.05) is 13.8 Å². The minimum atomic E-state index is 0.0487. The summed E-state index contributed by atoms with van der Waals surface area (Å²) in [7, 11) is 1.54. The van der Waals surface area contributed by atoms with Gasteiger partial charge in [-0.1, -0.05) is 17.7 Å². The summed E-state index contributed by atoms with van der Waals surface area (Å²) in [5.41, 5.74) is 5.36. The molecule has 0 aromatic heterocycles. The van der Waals surface area contributed by atoms with E-state index < -0.39 is 0 Å². The van der Waals surface area contributed by atoms with Crippen LogP contribution in [0.4, 0.5) is 0 Å². The van der Waals surface area contributed by atoms with Crippen molar-refractivity contribution in [1.82, 2.24) is 0 Å². The van der Waals surface area contributed by atoms with Gasteiger partial charge in [0.1, 0.15) is 0 Å². The van der Waals surface area contributed by atoms with Crippen molar-refractivity contribution < 1.29 is 4.74 Å². The fraction of sp³-hybridized carbons (Fsp3) is 0.308. The van der Waals surface area contributed by atoms with E-state index in [1.165, 1.54) is 5.56 Å². The number of rotatable bonds is 2. The third-order valence-electron chi connectivity index (χ3n) is 2.73. The summed E-state index contributed by atoms with van der Waals surface area (Å²) >= 11 is 0. The molecule has 0 atom stereocenters. The molecule has 2 rings (SSSR count). The van der Waals surface area contributed by atoms with Crippen LogP contribution < -0.4 is 10.2 Å². The second kappa shape index (κ2) is 3.23. The minimum absolute atomic E-state index is 0.0487. The van der Waals surface area contributed by atoms with Gasteiger partial charge in [-0.25, -0.2) is 0 Å². The normalized spacial score (nSPS) is 10.9. The molecule has 0 radical (unpaired) electrons. The van der Waals surface area contributed by atoms with Crippen LogP contribution in [0, 0.1) is 20.8 Å². The number of aryl methyl sites for hydroxylation is 3. The van der Waals surface area contributed by atoms with Crippen LogP contribution in [0.25, 0.3) is 11.1 Å². The van der Waals surface area contributed by atoms with E-state index in [0.29, 0.717) is 5.75 Å². The van der Waals surface area contributed by atoms with Gasteiger partial charge in [0.2, 0.25) is 5.43 Å². The fourth-order valence-corrected chi connectivity index (χ4v) is 2.15. The number of ether oxygens (including phenoxy) is 1. The van der Waals surface area contributed by atoms with Crippen LogP contribution in [0.5, 0.6) is 5.75 Å². The van der Waals surface area contributed by atoms with E-state index in [2.05, 4.69) is 19.1 Å². The topological polar surface area (TPSA) is 26.3 Å². The van der Waals surface area contributed by atoms with Crippen LogP contribution in [-0.2, 0) is 0 Å². The monoisotopic (exact) mass is 202 g/mol. The summed E-state index contributed by atoms with van der Waals surface area (Å²) in [4.78, 5) is 11.4. The number of hydrogen-bond donors (Lipinski definition) is 0. The Bertz CT molecular complexity index is 505. The van der Waals surface area contributed by atoms with Gasteiger partial charge in [-0.3, -0.25) is 4.79 Å². The quantitative estimate of drug-likeness (QED) is 0.748. The van der Waals surface area contributed by atoms with Crippen molar-refractivity contribution in [2.45, 2.75) is 20.8 Å². The van der Waals surface area contributed by atoms with Crippen molar-refractivity contribution >= 4 is 0 Å². The summed E-state index contributed by atoms with van der Waals surface area (Å²) in [6.07, 6.45) is 0. The van der Waals surface area contributed by atoms with E-state index in [4.69, 9.17) is 4.74 Å². The Morgan fingerprint density at radius 2 is 1.53 bits per heavy atom. The van der Waals surface area contributed by atoms with Crippen LogP contribution >= 0.6 is 0 Å². The van der Waals surface area contributed by atoms with Crippen LogP contribution in [-0.4, -0.2) is 7.11 Å². The number of benzene rings is 1. The molecule has 0 heterocycles. The van der Waals surface area contributed by atoms with Crippen molar-refractivity contribution in [1.29, 1.82) is 0 Å². The highest BCUT2D eigenvalue weighted by atomic mass is 16.5. The molecule has 0 saturated carbocycles. The van der Waals surface area contributed by atoms with Crippen molar-refractivity contribution in [3.05, 3.63) is 39.0 Å². The second-order valence-corrected chi connectivity index (χ2v) is 4.01. The average molecular weight is 202 g/mol. The lowest BCUT2D eigenvalue weighted by atomic mass is 9.98. The highest BCUT2D eigenvalue weighted by molar-refractivity contribution is 5.84. The van der Waals surface area contributed by atoms with Gasteiger partial charge in [-0.15, -0.1) is 0 Å². The summed E-state index contributed by atoms with van der Waals surface area (Å²) in [6.45, 7) is 6.12. The van der Waals surface area contributed by atoms with E-state index in [-0.39, 0.29) is 5.43 Å². The highest BCUT2D eigenvalue weighted by Gasteiger charge is 2.27. The molecule has 2 aromatic rings. The van der Waals surface area contributed by atoms with E-state index in [0.717, 1.165) is 22.3 Å². The molecular weight excluding hydrogens is 188 g/mol. The summed E-state index contributed by atoms with van der Waals surface area (Å²) in [5, 5.41) is 0. The van der Waals surface area contributed by atoms with Crippen LogP contribution in [0.15, 0.2) is 16.9 Å². The molecule has 0 aliphatic carbocycles. The van der Waals surface area contributed by atoms with E-state index >= 15 is 0 Å². The summed E-state index contributed by atoms with van der Waals surface area (Å²) < 4.78 is 5.01. The van der Waals surface area contributed by atoms with Crippen LogP contribution in [0.1, 0.15) is 16.7 Å². The Balaban J connectivity index is 2.59. The van der Waals surface area contributed by atoms with Gasteiger partial charge in [0.15, 0.2) is 5.75 Å². The minimum Gasteiger partial charge on any atom is -0.492 e. The molecule has 0 bridgehead atoms. The maximum absolute atomic E-state index is 11.4. The molecule has 15 heavy (non-hydrogen) atoms. The predicted octanol–water partition coefficient (Wildman–Crippen LogP) is 2.52. The number of methoxy groups -OCH3 is 1. The van der Waals surface area contributed by atoms with Gasteiger partial charge in [-0.2, -0.15) is 0 Å². The smallest absolute Gasteiger partial charge is 0.232 e. The zero-order valence-electron chi connectivity index (χ0n) is 9.47. The van der Waals surface area contributed by atoms with Crippen molar-refractivity contribution in [2.75, 3.05) is 7.11 Å². The lowest BCUT2D eigenvalue weighted by molar-refractivity contribution is 0.426. The molecule has 0 amide bonds. The van der Waals surface area contributed by atoms with Gasteiger partial charge in [0.05, 0.1) is 12.7 Å². The first-order valence-electron chi connectivity index (χ1n) is 4.97. The van der Waals surface area contributed by atoms with Crippen molar-refractivity contribution in [3.8, 4) is 16.9 Å². The molecule has 0 N–H and O–H groups in total. The predicted molar refractivity (Wildman–Crippen MR) is 61.3 cm³/mol. The van der Waals surface area contributed by atoms with E-state index in [1.54, 1.807) is 7.11 Å². The van der Waals surface area contributed by atoms with Crippen molar-refractivity contribution in [2.24, 2.45) is 0 Å². The Kier molecular flexibility index (Phi) is 2.14. The second-order valence-electron chi connectivity index (χ2n) is 4.01. The average Bonchev–Trinajstić information content (AvgIpc) is 2.75.